The molecule has 2 unspecified atom stereocenters. The standard InChI is InChI=1S/C12H22O2Si/c1-12-6-4-10(9-12)8-11(12)5-7-15(13-2)14-3/h8,10,15H,4-7,9H2,1-3H3. The molecule has 1 saturated carbocycles. The molecule has 0 aromatic heterocycles. The highest BCUT2D eigenvalue weighted by atomic mass is 28.3. The van der Waals surface area contributed by atoms with E-state index in [0.29, 0.717) is 5.41 Å². The smallest absolute Gasteiger partial charge is 0.321 e. The highest BCUT2D eigenvalue weighted by Crippen LogP contribution is 2.54. The van der Waals surface area contributed by atoms with Gasteiger partial charge in [0.05, 0.1) is 0 Å². The molecule has 2 bridgehead atoms. The third-order valence-corrected chi connectivity index (χ3v) is 5.98. The van der Waals surface area contributed by atoms with Crippen molar-refractivity contribution in [1.82, 2.24) is 0 Å². The number of fused-ring (bicyclic) bond motifs is 2. The summed E-state index contributed by atoms with van der Waals surface area (Å²) in [4.78, 5) is 0. The van der Waals surface area contributed by atoms with Crippen molar-refractivity contribution in [2.45, 2.75) is 38.7 Å². The Kier molecular flexibility index (Phi) is 3.33. The summed E-state index contributed by atoms with van der Waals surface area (Å²) in [6.07, 6.45) is 7.94. The van der Waals surface area contributed by atoms with Crippen LogP contribution in [0.1, 0.15) is 32.6 Å². The van der Waals surface area contributed by atoms with Gasteiger partial charge >= 0.3 is 9.28 Å². The second-order valence-corrected chi connectivity index (χ2v) is 7.57. The van der Waals surface area contributed by atoms with Crippen molar-refractivity contribution >= 4 is 9.28 Å². The summed E-state index contributed by atoms with van der Waals surface area (Å²) in [5.41, 5.74) is 2.22. The lowest BCUT2D eigenvalue weighted by molar-refractivity contribution is 0.276. The first-order chi connectivity index (χ1) is 7.18. The van der Waals surface area contributed by atoms with Gasteiger partial charge in [-0.05, 0) is 43.1 Å². The quantitative estimate of drug-likeness (QED) is 0.530. The average Bonchev–Trinajstić information content (AvgIpc) is 2.74. The maximum absolute atomic E-state index is 5.36. The van der Waals surface area contributed by atoms with Crippen LogP contribution in [0.2, 0.25) is 6.04 Å². The van der Waals surface area contributed by atoms with E-state index in [-0.39, 0.29) is 0 Å². The first-order valence-corrected chi connectivity index (χ1v) is 7.70. The van der Waals surface area contributed by atoms with Crippen molar-refractivity contribution in [3.63, 3.8) is 0 Å². The molecule has 0 N–H and O–H groups in total. The van der Waals surface area contributed by atoms with Crippen molar-refractivity contribution in [3.05, 3.63) is 11.6 Å². The summed E-state index contributed by atoms with van der Waals surface area (Å²) in [6.45, 7) is 2.43. The zero-order valence-electron chi connectivity index (χ0n) is 10.1. The van der Waals surface area contributed by atoms with Gasteiger partial charge in [-0.3, -0.25) is 0 Å². The average molecular weight is 226 g/mol. The molecule has 0 amide bonds. The minimum absolute atomic E-state index is 0.533. The highest BCUT2D eigenvalue weighted by molar-refractivity contribution is 6.44. The molecule has 2 atom stereocenters. The summed E-state index contributed by atoms with van der Waals surface area (Å²) in [7, 11) is 2.21. The number of rotatable bonds is 5. The molecule has 0 aliphatic heterocycles. The van der Waals surface area contributed by atoms with Crippen LogP contribution in [-0.4, -0.2) is 23.5 Å². The Bertz CT molecular complexity index is 260. The van der Waals surface area contributed by atoms with Gasteiger partial charge in [0.15, 0.2) is 0 Å². The fourth-order valence-corrected chi connectivity index (χ4v) is 4.41. The number of hydrogen-bond donors (Lipinski definition) is 0. The SMILES string of the molecule is CO[SiH](CCC1=CC2CCC1(C)C2)OC. The Morgan fingerprint density at radius 3 is 2.67 bits per heavy atom. The van der Waals surface area contributed by atoms with E-state index in [1.165, 1.54) is 25.7 Å². The Morgan fingerprint density at radius 2 is 2.20 bits per heavy atom. The zero-order chi connectivity index (χ0) is 10.9. The molecule has 2 aliphatic rings. The lowest BCUT2D eigenvalue weighted by Crippen LogP contribution is -2.21. The van der Waals surface area contributed by atoms with Crippen LogP contribution in [0.5, 0.6) is 0 Å². The van der Waals surface area contributed by atoms with Gasteiger partial charge in [-0.25, -0.2) is 0 Å². The normalized spacial score (nSPS) is 33.9. The fourth-order valence-electron chi connectivity index (χ4n) is 3.20. The van der Waals surface area contributed by atoms with E-state index in [9.17, 15) is 0 Å². The minimum atomic E-state index is -1.34. The molecule has 0 heterocycles. The van der Waals surface area contributed by atoms with Crippen molar-refractivity contribution in [1.29, 1.82) is 0 Å². The van der Waals surface area contributed by atoms with E-state index >= 15 is 0 Å². The van der Waals surface area contributed by atoms with Crippen LogP contribution in [0, 0.1) is 11.3 Å². The topological polar surface area (TPSA) is 18.5 Å². The van der Waals surface area contributed by atoms with Gasteiger partial charge in [0.2, 0.25) is 0 Å². The van der Waals surface area contributed by atoms with E-state index in [4.69, 9.17) is 8.85 Å². The third-order valence-electron chi connectivity index (χ3n) is 4.17. The molecule has 1 fully saturated rings. The molecule has 0 saturated heterocycles. The van der Waals surface area contributed by atoms with Gasteiger partial charge in [-0.15, -0.1) is 0 Å². The largest absolute Gasteiger partial charge is 0.400 e. The fraction of sp³-hybridized carbons (Fsp3) is 0.833. The van der Waals surface area contributed by atoms with Crippen molar-refractivity contribution in [2.24, 2.45) is 11.3 Å². The second-order valence-electron chi connectivity index (χ2n) is 5.20. The molecule has 0 radical (unpaired) electrons. The molecular formula is C12H22O2Si. The zero-order valence-corrected chi connectivity index (χ0v) is 11.2. The van der Waals surface area contributed by atoms with Gasteiger partial charge < -0.3 is 8.85 Å². The van der Waals surface area contributed by atoms with Crippen molar-refractivity contribution < 1.29 is 8.85 Å². The van der Waals surface area contributed by atoms with Crippen LogP contribution >= 0.6 is 0 Å². The maximum Gasteiger partial charge on any atom is 0.321 e. The van der Waals surface area contributed by atoms with Gasteiger partial charge in [0.25, 0.3) is 0 Å². The first-order valence-electron chi connectivity index (χ1n) is 5.95. The molecule has 0 spiro atoms. The Labute approximate surface area is 94.5 Å². The van der Waals surface area contributed by atoms with E-state index < -0.39 is 9.28 Å². The molecule has 0 aromatic rings. The molecule has 2 nitrogen and oxygen atoms in total. The summed E-state index contributed by atoms with van der Waals surface area (Å²) in [5, 5.41) is 0. The molecule has 3 heteroatoms. The van der Waals surface area contributed by atoms with Crippen LogP contribution in [0.25, 0.3) is 0 Å². The van der Waals surface area contributed by atoms with E-state index in [0.717, 1.165) is 12.0 Å². The second kappa shape index (κ2) is 4.40. The lowest BCUT2D eigenvalue weighted by atomic mass is 9.81. The van der Waals surface area contributed by atoms with Crippen LogP contribution < -0.4 is 0 Å². The summed E-state index contributed by atoms with van der Waals surface area (Å²) >= 11 is 0. The van der Waals surface area contributed by atoms with Crippen molar-refractivity contribution in [3.8, 4) is 0 Å². The molecule has 2 rings (SSSR count). The molecule has 15 heavy (non-hydrogen) atoms. The van der Waals surface area contributed by atoms with Crippen LogP contribution in [0.15, 0.2) is 11.6 Å². The van der Waals surface area contributed by atoms with Gasteiger partial charge in [0, 0.05) is 14.2 Å². The molecule has 0 aromatic carbocycles. The van der Waals surface area contributed by atoms with Gasteiger partial charge in [-0.2, -0.15) is 0 Å². The number of allylic oxidation sites excluding steroid dienone is 2. The summed E-state index contributed by atoms with van der Waals surface area (Å²) in [6, 6.07) is 1.13. The van der Waals surface area contributed by atoms with E-state index in [1.54, 1.807) is 19.8 Å². The number of hydrogen-bond acceptors (Lipinski definition) is 2. The Morgan fingerprint density at radius 1 is 1.47 bits per heavy atom. The minimum Gasteiger partial charge on any atom is -0.400 e. The van der Waals surface area contributed by atoms with Gasteiger partial charge in [-0.1, -0.05) is 18.6 Å². The highest BCUT2D eigenvalue weighted by Gasteiger charge is 2.42. The van der Waals surface area contributed by atoms with Crippen molar-refractivity contribution in [2.75, 3.05) is 14.2 Å². The Balaban J connectivity index is 1.88. The van der Waals surface area contributed by atoms with Crippen LogP contribution in [0.3, 0.4) is 0 Å². The molecular weight excluding hydrogens is 204 g/mol. The van der Waals surface area contributed by atoms with Crippen LogP contribution in [-0.2, 0) is 8.85 Å². The first kappa shape index (κ1) is 11.4. The van der Waals surface area contributed by atoms with Gasteiger partial charge in [0.1, 0.15) is 0 Å². The Hall–Kier alpha value is -0.123. The lowest BCUT2D eigenvalue weighted by Gasteiger charge is -2.26. The third kappa shape index (κ3) is 2.19. The van der Waals surface area contributed by atoms with E-state index in [1.807, 2.05) is 0 Å². The molecule has 86 valence electrons. The maximum atomic E-state index is 5.36. The predicted octanol–water partition coefficient (Wildman–Crippen LogP) is 2.64. The van der Waals surface area contributed by atoms with Crippen LogP contribution in [0.4, 0.5) is 0 Å². The summed E-state index contributed by atoms with van der Waals surface area (Å²) in [5.74, 6) is 0.884. The molecule has 2 aliphatic carbocycles. The van der Waals surface area contributed by atoms with E-state index in [2.05, 4.69) is 13.0 Å². The monoisotopic (exact) mass is 226 g/mol. The summed E-state index contributed by atoms with van der Waals surface area (Å²) < 4.78 is 10.7. The predicted molar refractivity (Wildman–Crippen MR) is 64.1 cm³/mol.